The van der Waals surface area contributed by atoms with Gasteiger partial charge in [0.05, 0.1) is 25.9 Å². The van der Waals surface area contributed by atoms with Gasteiger partial charge in [0.15, 0.2) is 0 Å². The molecule has 2 heterocycles. The summed E-state index contributed by atoms with van der Waals surface area (Å²) < 4.78 is 10.6. The molecule has 0 radical (unpaired) electrons. The standard InChI is InChI=1S/C20H23ClN2O4S/c1-12-8-23(9-13(2)27-12)10-17(24)22-19-18(20(25)26-3)15(11-28-19)14-6-4-5-7-16(14)21/h4-7,11-13H,8-10H2,1-3H3,(H,22,24). The average molecular weight is 423 g/mol. The van der Waals surface area contributed by atoms with E-state index in [4.69, 9.17) is 21.1 Å². The number of ether oxygens (including phenoxy) is 2. The fourth-order valence-electron chi connectivity index (χ4n) is 3.42. The summed E-state index contributed by atoms with van der Waals surface area (Å²) >= 11 is 7.58. The molecule has 1 amide bonds. The number of hydrogen-bond donors (Lipinski definition) is 1. The van der Waals surface area contributed by atoms with Crippen LogP contribution in [0.1, 0.15) is 24.2 Å². The lowest BCUT2D eigenvalue weighted by Crippen LogP contribution is -2.48. The van der Waals surface area contributed by atoms with Crippen LogP contribution in [0.4, 0.5) is 5.00 Å². The highest BCUT2D eigenvalue weighted by Gasteiger charge is 2.26. The summed E-state index contributed by atoms with van der Waals surface area (Å²) in [6.07, 6.45) is 0.159. The third-order valence-electron chi connectivity index (χ3n) is 4.46. The molecule has 1 saturated heterocycles. The predicted molar refractivity (Wildman–Crippen MR) is 111 cm³/mol. The van der Waals surface area contributed by atoms with Crippen molar-refractivity contribution in [3.8, 4) is 11.1 Å². The van der Waals surface area contributed by atoms with Crippen molar-refractivity contribution in [2.24, 2.45) is 0 Å². The first-order chi connectivity index (χ1) is 13.4. The van der Waals surface area contributed by atoms with Gasteiger partial charge in [-0.25, -0.2) is 4.79 Å². The Hall–Kier alpha value is -1.93. The molecule has 0 spiro atoms. The number of nitrogens with one attached hydrogen (secondary N) is 1. The van der Waals surface area contributed by atoms with Crippen LogP contribution in [0.3, 0.4) is 0 Å². The Balaban J connectivity index is 1.81. The van der Waals surface area contributed by atoms with Gasteiger partial charge in [0.1, 0.15) is 10.6 Å². The van der Waals surface area contributed by atoms with Gasteiger partial charge in [-0.05, 0) is 19.9 Å². The quantitative estimate of drug-likeness (QED) is 0.740. The molecule has 1 aliphatic rings. The van der Waals surface area contributed by atoms with Crippen LogP contribution in [-0.4, -0.2) is 55.7 Å². The van der Waals surface area contributed by atoms with Crippen molar-refractivity contribution in [3.05, 3.63) is 40.2 Å². The number of anilines is 1. The Morgan fingerprint density at radius 3 is 2.57 bits per heavy atom. The highest BCUT2D eigenvalue weighted by Crippen LogP contribution is 2.39. The topological polar surface area (TPSA) is 67.9 Å². The maximum Gasteiger partial charge on any atom is 0.341 e. The molecule has 150 valence electrons. The van der Waals surface area contributed by atoms with Crippen LogP contribution < -0.4 is 5.32 Å². The molecule has 0 saturated carbocycles. The number of methoxy groups -OCH3 is 1. The number of rotatable bonds is 5. The van der Waals surface area contributed by atoms with Gasteiger partial charge >= 0.3 is 5.97 Å². The van der Waals surface area contributed by atoms with Gasteiger partial charge in [-0.1, -0.05) is 29.8 Å². The van der Waals surface area contributed by atoms with Crippen molar-refractivity contribution in [2.75, 3.05) is 32.1 Å². The van der Waals surface area contributed by atoms with Crippen molar-refractivity contribution < 1.29 is 19.1 Å². The van der Waals surface area contributed by atoms with E-state index in [1.165, 1.54) is 18.4 Å². The zero-order valence-corrected chi connectivity index (χ0v) is 17.6. The second-order valence-corrected chi connectivity index (χ2v) is 8.11. The second kappa shape index (κ2) is 9.05. The maximum absolute atomic E-state index is 12.6. The minimum atomic E-state index is -0.514. The summed E-state index contributed by atoms with van der Waals surface area (Å²) in [5.74, 6) is -0.695. The first-order valence-electron chi connectivity index (χ1n) is 9.01. The molecule has 2 aromatic rings. The van der Waals surface area contributed by atoms with Crippen LogP contribution in [0.15, 0.2) is 29.6 Å². The fraction of sp³-hybridized carbons (Fsp3) is 0.400. The number of esters is 1. The molecule has 8 heteroatoms. The van der Waals surface area contributed by atoms with Crippen LogP contribution in [0.2, 0.25) is 5.02 Å². The van der Waals surface area contributed by atoms with Gasteiger partial charge < -0.3 is 14.8 Å². The van der Waals surface area contributed by atoms with Crippen molar-refractivity contribution in [2.45, 2.75) is 26.1 Å². The van der Waals surface area contributed by atoms with E-state index in [2.05, 4.69) is 10.2 Å². The van der Waals surface area contributed by atoms with Crippen molar-refractivity contribution in [3.63, 3.8) is 0 Å². The first kappa shape index (κ1) is 20.8. The lowest BCUT2D eigenvalue weighted by molar-refractivity contribution is -0.121. The van der Waals surface area contributed by atoms with Crippen molar-refractivity contribution >= 4 is 39.8 Å². The number of carbonyl (C=O) groups excluding carboxylic acids is 2. The molecule has 1 aromatic carbocycles. The molecular weight excluding hydrogens is 400 g/mol. The Morgan fingerprint density at radius 1 is 1.25 bits per heavy atom. The van der Waals surface area contributed by atoms with Crippen LogP contribution >= 0.6 is 22.9 Å². The average Bonchev–Trinajstić information content (AvgIpc) is 3.03. The largest absolute Gasteiger partial charge is 0.465 e. The van der Waals surface area contributed by atoms with Gasteiger partial charge in [0, 0.05) is 34.6 Å². The van der Waals surface area contributed by atoms with Crippen LogP contribution in [0.25, 0.3) is 11.1 Å². The SMILES string of the molecule is COC(=O)c1c(-c2ccccc2Cl)csc1NC(=O)CN1CC(C)OC(C)C1. The zero-order valence-electron chi connectivity index (χ0n) is 16.0. The predicted octanol–water partition coefficient (Wildman–Crippen LogP) is 3.90. The number of amides is 1. The summed E-state index contributed by atoms with van der Waals surface area (Å²) in [6, 6.07) is 7.26. The molecule has 6 nitrogen and oxygen atoms in total. The highest BCUT2D eigenvalue weighted by atomic mass is 35.5. The highest BCUT2D eigenvalue weighted by molar-refractivity contribution is 7.15. The third-order valence-corrected chi connectivity index (χ3v) is 5.69. The number of benzene rings is 1. The zero-order chi connectivity index (χ0) is 20.3. The number of halogens is 1. The molecule has 1 aliphatic heterocycles. The molecule has 0 aliphatic carbocycles. The Labute approximate surface area is 173 Å². The number of morpholine rings is 1. The smallest absolute Gasteiger partial charge is 0.341 e. The van der Waals surface area contributed by atoms with E-state index in [1.807, 2.05) is 37.4 Å². The van der Waals surface area contributed by atoms with Gasteiger partial charge in [0.2, 0.25) is 5.91 Å². The summed E-state index contributed by atoms with van der Waals surface area (Å²) in [7, 11) is 1.32. The van der Waals surface area contributed by atoms with E-state index >= 15 is 0 Å². The van der Waals surface area contributed by atoms with E-state index in [-0.39, 0.29) is 24.7 Å². The first-order valence-corrected chi connectivity index (χ1v) is 10.3. The lowest BCUT2D eigenvalue weighted by atomic mass is 10.0. The summed E-state index contributed by atoms with van der Waals surface area (Å²) in [4.78, 5) is 27.1. The molecule has 2 unspecified atom stereocenters. The van der Waals surface area contributed by atoms with Crippen molar-refractivity contribution in [1.29, 1.82) is 0 Å². The summed E-state index contributed by atoms with van der Waals surface area (Å²) in [5, 5.41) is 5.66. The summed E-state index contributed by atoms with van der Waals surface area (Å²) in [6.45, 7) is 5.60. The summed E-state index contributed by atoms with van der Waals surface area (Å²) in [5.41, 5.74) is 1.68. The third kappa shape index (κ3) is 4.72. The lowest BCUT2D eigenvalue weighted by Gasteiger charge is -2.34. The maximum atomic E-state index is 12.6. The second-order valence-electron chi connectivity index (χ2n) is 6.82. The Kier molecular flexibility index (Phi) is 6.72. The molecule has 1 fully saturated rings. The van der Waals surface area contributed by atoms with Gasteiger partial charge in [-0.15, -0.1) is 11.3 Å². The van der Waals surface area contributed by atoms with Crippen LogP contribution in [0.5, 0.6) is 0 Å². The minimum absolute atomic E-state index is 0.0794. The number of carbonyl (C=O) groups is 2. The molecule has 2 atom stereocenters. The number of thiophene rings is 1. The van der Waals surface area contributed by atoms with E-state index < -0.39 is 5.97 Å². The van der Waals surface area contributed by atoms with E-state index in [9.17, 15) is 9.59 Å². The minimum Gasteiger partial charge on any atom is -0.465 e. The van der Waals surface area contributed by atoms with E-state index in [0.717, 1.165) is 5.56 Å². The van der Waals surface area contributed by atoms with Gasteiger partial charge in [-0.3, -0.25) is 9.69 Å². The van der Waals surface area contributed by atoms with Gasteiger partial charge in [-0.2, -0.15) is 0 Å². The fourth-order valence-corrected chi connectivity index (χ4v) is 4.62. The number of nitrogens with zero attached hydrogens (tertiary/aromatic N) is 1. The van der Waals surface area contributed by atoms with Crippen LogP contribution in [-0.2, 0) is 14.3 Å². The Bertz CT molecular complexity index is 860. The van der Waals surface area contributed by atoms with E-state index in [1.54, 1.807) is 6.07 Å². The van der Waals surface area contributed by atoms with E-state index in [0.29, 0.717) is 34.2 Å². The molecule has 0 bridgehead atoms. The van der Waals surface area contributed by atoms with Crippen LogP contribution in [0, 0.1) is 0 Å². The normalized spacial score (nSPS) is 20.0. The Morgan fingerprint density at radius 2 is 1.93 bits per heavy atom. The molecule has 28 heavy (non-hydrogen) atoms. The van der Waals surface area contributed by atoms with Gasteiger partial charge in [0.25, 0.3) is 0 Å². The molecule has 1 aromatic heterocycles. The molecule has 1 N–H and O–H groups in total. The molecule has 3 rings (SSSR count). The molecular formula is C20H23ClN2O4S. The van der Waals surface area contributed by atoms with Crippen molar-refractivity contribution in [1.82, 2.24) is 4.90 Å². The monoisotopic (exact) mass is 422 g/mol. The number of hydrogen-bond acceptors (Lipinski definition) is 6.